The molecule has 0 unspecified atom stereocenters. The van der Waals surface area contributed by atoms with Gasteiger partial charge in [0.1, 0.15) is 5.75 Å². The summed E-state index contributed by atoms with van der Waals surface area (Å²) in [5, 5.41) is 0.612. The quantitative estimate of drug-likeness (QED) is 0.846. The Bertz CT molecular complexity index is 675. The maximum atomic E-state index is 12.5. The zero-order valence-corrected chi connectivity index (χ0v) is 12.2. The summed E-state index contributed by atoms with van der Waals surface area (Å²) >= 11 is 0. The highest BCUT2D eigenvalue weighted by molar-refractivity contribution is 5.78. The van der Waals surface area contributed by atoms with E-state index < -0.39 is 0 Å². The molecule has 0 radical (unpaired) electrons. The van der Waals surface area contributed by atoms with Crippen molar-refractivity contribution in [2.45, 2.75) is 25.8 Å². The predicted octanol–water partition coefficient (Wildman–Crippen LogP) is 2.22. The average Bonchev–Trinajstić information content (AvgIpc) is 3.03. The van der Waals surface area contributed by atoms with Crippen LogP contribution in [0.5, 0.6) is 5.75 Å². The van der Waals surface area contributed by atoms with Crippen LogP contribution in [0.2, 0.25) is 0 Å². The first kappa shape index (κ1) is 14.1. The van der Waals surface area contributed by atoms with E-state index >= 15 is 0 Å². The molecular formula is C16H20N2O3. The molecule has 1 aliphatic heterocycles. The normalized spacial score (nSPS) is 18.2. The molecule has 0 saturated carbocycles. The molecule has 5 nitrogen and oxygen atoms in total. The second kappa shape index (κ2) is 6.26. The van der Waals surface area contributed by atoms with Crippen molar-refractivity contribution in [1.29, 1.82) is 0 Å². The van der Waals surface area contributed by atoms with Crippen molar-refractivity contribution < 1.29 is 9.47 Å². The van der Waals surface area contributed by atoms with Gasteiger partial charge in [-0.1, -0.05) is 0 Å². The molecule has 0 bridgehead atoms. The lowest BCUT2D eigenvalue weighted by molar-refractivity contribution is 0.183. The second-order valence-electron chi connectivity index (χ2n) is 5.50. The fraction of sp³-hybridized carbons (Fsp3) is 0.500. The fourth-order valence-corrected chi connectivity index (χ4v) is 2.79. The maximum absolute atomic E-state index is 12.5. The minimum absolute atomic E-state index is 0.00146. The maximum Gasteiger partial charge on any atom is 0.261 e. The van der Waals surface area contributed by atoms with E-state index in [0.717, 1.165) is 32.5 Å². The lowest BCUT2D eigenvalue weighted by atomic mass is 10.0. The SMILES string of the molecule is COc1ccc2ncn(CCC[C@H]3CCOC3)c(=O)c2c1. The number of aryl methyl sites for hydroxylation is 1. The van der Waals surface area contributed by atoms with E-state index in [0.29, 0.717) is 29.1 Å². The van der Waals surface area contributed by atoms with Gasteiger partial charge in [0, 0.05) is 19.8 Å². The Hall–Kier alpha value is -1.88. The van der Waals surface area contributed by atoms with E-state index in [1.54, 1.807) is 24.1 Å². The average molecular weight is 288 g/mol. The van der Waals surface area contributed by atoms with E-state index in [1.165, 1.54) is 0 Å². The van der Waals surface area contributed by atoms with Crippen molar-refractivity contribution in [2.24, 2.45) is 5.92 Å². The van der Waals surface area contributed by atoms with Gasteiger partial charge in [-0.05, 0) is 43.4 Å². The minimum atomic E-state index is 0.00146. The molecule has 5 heteroatoms. The van der Waals surface area contributed by atoms with E-state index in [4.69, 9.17) is 9.47 Å². The number of hydrogen-bond acceptors (Lipinski definition) is 4. The van der Waals surface area contributed by atoms with Crippen LogP contribution < -0.4 is 10.3 Å². The van der Waals surface area contributed by atoms with Crippen LogP contribution >= 0.6 is 0 Å². The van der Waals surface area contributed by atoms with E-state index in [-0.39, 0.29) is 5.56 Å². The molecular weight excluding hydrogens is 268 g/mol. The summed E-state index contributed by atoms with van der Waals surface area (Å²) in [6.07, 6.45) is 4.86. The Labute approximate surface area is 123 Å². The molecule has 0 aliphatic carbocycles. The van der Waals surface area contributed by atoms with E-state index in [1.807, 2.05) is 12.1 Å². The molecule has 1 saturated heterocycles. The molecule has 1 fully saturated rings. The van der Waals surface area contributed by atoms with Gasteiger partial charge in [-0.15, -0.1) is 0 Å². The second-order valence-corrected chi connectivity index (χ2v) is 5.50. The molecule has 3 rings (SSSR count). The number of benzene rings is 1. The van der Waals surface area contributed by atoms with Crippen LogP contribution in [0.15, 0.2) is 29.3 Å². The van der Waals surface area contributed by atoms with Gasteiger partial charge in [0.2, 0.25) is 0 Å². The molecule has 0 spiro atoms. The summed E-state index contributed by atoms with van der Waals surface area (Å²) in [5.41, 5.74) is 0.711. The van der Waals surface area contributed by atoms with Crippen LogP contribution in [0.25, 0.3) is 10.9 Å². The Morgan fingerprint density at radius 1 is 1.48 bits per heavy atom. The Morgan fingerprint density at radius 3 is 3.14 bits per heavy atom. The van der Waals surface area contributed by atoms with Crippen molar-refractivity contribution in [3.05, 3.63) is 34.9 Å². The third kappa shape index (κ3) is 3.08. The van der Waals surface area contributed by atoms with Gasteiger partial charge in [0.05, 0.1) is 24.3 Å². The summed E-state index contributed by atoms with van der Waals surface area (Å²) in [6, 6.07) is 5.39. The van der Waals surface area contributed by atoms with Crippen LogP contribution in [0.3, 0.4) is 0 Å². The van der Waals surface area contributed by atoms with Crippen molar-refractivity contribution in [1.82, 2.24) is 9.55 Å². The number of aromatic nitrogens is 2. The molecule has 0 amide bonds. The smallest absolute Gasteiger partial charge is 0.261 e. The van der Waals surface area contributed by atoms with Crippen molar-refractivity contribution in [3.63, 3.8) is 0 Å². The lowest BCUT2D eigenvalue weighted by Gasteiger charge is -2.09. The highest BCUT2D eigenvalue weighted by Crippen LogP contribution is 2.19. The Morgan fingerprint density at radius 2 is 2.38 bits per heavy atom. The van der Waals surface area contributed by atoms with Crippen molar-refractivity contribution in [2.75, 3.05) is 20.3 Å². The van der Waals surface area contributed by atoms with E-state index in [9.17, 15) is 4.79 Å². The zero-order chi connectivity index (χ0) is 14.7. The van der Waals surface area contributed by atoms with Gasteiger partial charge in [0.25, 0.3) is 5.56 Å². The summed E-state index contributed by atoms with van der Waals surface area (Å²) in [5.74, 6) is 1.33. The third-order valence-corrected chi connectivity index (χ3v) is 4.07. The Kier molecular flexibility index (Phi) is 4.20. The lowest BCUT2D eigenvalue weighted by Crippen LogP contribution is -2.21. The third-order valence-electron chi connectivity index (χ3n) is 4.07. The summed E-state index contributed by atoms with van der Waals surface area (Å²) in [6.45, 7) is 2.44. The van der Waals surface area contributed by atoms with Gasteiger partial charge in [-0.2, -0.15) is 0 Å². The van der Waals surface area contributed by atoms with Gasteiger partial charge in [-0.3, -0.25) is 9.36 Å². The summed E-state index contributed by atoms with van der Waals surface area (Å²) in [7, 11) is 1.60. The highest BCUT2D eigenvalue weighted by Gasteiger charge is 2.15. The largest absolute Gasteiger partial charge is 0.497 e. The molecule has 112 valence electrons. The number of rotatable bonds is 5. The van der Waals surface area contributed by atoms with Crippen LogP contribution in [0.4, 0.5) is 0 Å². The number of hydrogen-bond donors (Lipinski definition) is 0. The van der Waals surface area contributed by atoms with Gasteiger partial charge >= 0.3 is 0 Å². The Balaban J connectivity index is 1.75. The molecule has 1 atom stereocenters. The van der Waals surface area contributed by atoms with Gasteiger partial charge in [0.15, 0.2) is 0 Å². The zero-order valence-electron chi connectivity index (χ0n) is 12.2. The first-order valence-corrected chi connectivity index (χ1v) is 7.39. The molecule has 1 aromatic heterocycles. The van der Waals surface area contributed by atoms with Crippen LogP contribution in [0, 0.1) is 5.92 Å². The predicted molar refractivity (Wildman–Crippen MR) is 80.7 cm³/mol. The minimum Gasteiger partial charge on any atom is -0.497 e. The first-order chi connectivity index (χ1) is 10.3. The molecule has 21 heavy (non-hydrogen) atoms. The van der Waals surface area contributed by atoms with Crippen molar-refractivity contribution in [3.8, 4) is 5.75 Å². The monoisotopic (exact) mass is 288 g/mol. The number of nitrogens with zero attached hydrogens (tertiary/aromatic N) is 2. The molecule has 1 aliphatic rings. The topological polar surface area (TPSA) is 53.4 Å². The molecule has 0 N–H and O–H groups in total. The first-order valence-electron chi connectivity index (χ1n) is 7.39. The number of ether oxygens (including phenoxy) is 2. The fourth-order valence-electron chi connectivity index (χ4n) is 2.79. The van der Waals surface area contributed by atoms with Gasteiger partial charge in [-0.25, -0.2) is 4.98 Å². The van der Waals surface area contributed by atoms with E-state index in [2.05, 4.69) is 4.98 Å². The highest BCUT2D eigenvalue weighted by atomic mass is 16.5. The van der Waals surface area contributed by atoms with Crippen molar-refractivity contribution >= 4 is 10.9 Å². The van der Waals surface area contributed by atoms with Crippen LogP contribution in [-0.2, 0) is 11.3 Å². The molecule has 2 heterocycles. The van der Waals surface area contributed by atoms with Gasteiger partial charge < -0.3 is 9.47 Å². The molecule has 1 aromatic carbocycles. The standard InChI is InChI=1S/C16H20N2O3/c1-20-13-4-5-15-14(9-13)16(19)18(11-17-15)7-2-3-12-6-8-21-10-12/h4-5,9,11-12H,2-3,6-8,10H2,1H3/t12-/m0/s1. The summed E-state index contributed by atoms with van der Waals surface area (Å²) < 4.78 is 12.2. The van der Waals surface area contributed by atoms with Crippen LogP contribution in [0.1, 0.15) is 19.3 Å². The number of methoxy groups -OCH3 is 1. The summed E-state index contributed by atoms with van der Waals surface area (Å²) in [4.78, 5) is 16.8. The number of fused-ring (bicyclic) bond motifs is 1. The van der Waals surface area contributed by atoms with Crippen LogP contribution in [-0.4, -0.2) is 29.9 Å². The molecule has 2 aromatic rings.